The van der Waals surface area contributed by atoms with Crippen LogP contribution < -0.4 is 4.72 Å². The molecule has 0 heterocycles. The van der Waals surface area contributed by atoms with Crippen molar-refractivity contribution >= 4 is 17.6 Å². The van der Waals surface area contributed by atoms with Gasteiger partial charge in [0.05, 0.1) is 5.69 Å². The molecule has 94 valence electrons. The summed E-state index contributed by atoms with van der Waals surface area (Å²) in [7, 11) is 0. The molecular formula is C14H13F2NS. The van der Waals surface area contributed by atoms with E-state index < -0.39 is 11.6 Å². The third-order valence-electron chi connectivity index (χ3n) is 2.59. The summed E-state index contributed by atoms with van der Waals surface area (Å²) in [5.41, 5.74) is 1.46. The van der Waals surface area contributed by atoms with Crippen LogP contribution in [0.25, 0.3) is 0 Å². The molecule has 0 amide bonds. The van der Waals surface area contributed by atoms with E-state index in [0.29, 0.717) is 5.69 Å². The summed E-state index contributed by atoms with van der Waals surface area (Å²) in [5, 5.41) is 0. The SMILES string of the molecule is Cc1cccc(SNc2ccc(F)c(C)c2F)c1. The van der Waals surface area contributed by atoms with Crippen LogP contribution in [0.1, 0.15) is 11.1 Å². The van der Waals surface area contributed by atoms with Crippen molar-refractivity contribution in [3.05, 3.63) is 59.2 Å². The molecule has 4 heteroatoms. The monoisotopic (exact) mass is 265 g/mol. The van der Waals surface area contributed by atoms with Crippen LogP contribution in [0.4, 0.5) is 14.5 Å². The summed E-state index contributed by atoms with van der Waals surface area (Å²) >= 11 is 1.30. The number of aryl methyl sites for hydroxylation is 1. The lowest BCUT2D eigenvalue weighted by atomic mass is 10.2. The number of rotatable bonds is 3. The van der Waals surface area contributed by atoms with E-state index in [1.165, 1.54) is 31.0 Å². The lowest BCUT2D eigenvalue weighted by molar-refractivity contribution is 0.571. The molecule has 0 unspecified atom stereocenters. The van der Waals surface area contributed by atoms with Gasteiger partial charge in [0.2, 0.25) is 0 Å². The Morgan fingerprint density at radius 1 is 1.06 bits per heavy atom. The Morgan fingerprint density at radius 3 is 2.56 bits per heavy atom. The van der Waals surface area contributed by atoms with Crippen molar-refractivity contribution in [2.24, 2.45) is 0 Å². The van der Waals surface area contributed by atoms with E-state index in [-0.39, 0.29) is 5.56 Å². The first-order valence-electron chi connectivity index (χ1n) is 5.52. The molecule has 0 spiro atoms. The summed E-state index contributed by atoms with van der Waals surface area (Å²) < 4.78 is 29.7. The van der Waals surface area contributed by atoms with E-state index in [2.05, 4.69) is 4.72 Å². The number of hydrogen-bond donors (Lipinski definition) is 1. The van der Waals surface area contributed by atoms with Gasteiger partial charge in [-0.2, -0.15) is 0 Å². The van der Waals surface area contributed by atoms with Crippen molar-refractivity contribution < 1.29 is 8.78 Å². The van der Waals surface area contributed by atoms with Gasteiger partial charge in [-0.05, 0) is 55.6 Å². The molecule has 1 nitrogen and oxygen atoms in total. The van der Waals surface area contributed by atoms with E-state index in [1.54, 1.807) is 0 Å². The fourth-order valence-electron chi connectivity index (χ4n) is 1.53. The molecule has 2 rings (SSSR count). The highest BCUT2D eigenvalue weighted by Gasteiger charge is 2.09. The first kappa shape index (κ1) is 12.9. The first-order valence-corrected chi connectivity index (χ1v) is 6.33. The summed E-state index contributed by atoms with van der Waals surface area (Å²) in [5.74, 6) is -1.08. The first-order chi connectivity index (χ1) is 8.58. The molecule has 0 aliphatic carbocycles. The lowest BCUT2D eigenvalue weighted by Gasteiger charge is -2.09. The molecule has 0 fully saturated rings. The third-order valence-corrected chi connectivity index (χ3v) is 3.40. The van der Waals surface area contributed by atoms with E-state index >= 15 is 0 Å². The summed E-state index contributed by atoms with van der Waals surface area (Å²) in [6, 6.07) is 10.5. The highest BCUT2D eigenvalue weighted by molar-refractivity contribution is 8.00. The standard InChI is InChI=1S/C14H13F2NS/c1-9-4-3-5-11(8-9)18-17-13-7-6-12(15)10(2)14(13)16/h3-8,17H,1-2H3. The smallest absolute Gasteiger partial charge is 0.152 e. The summed E-state index contributed by atoms with van der Waals surface area (Å²) in [4.78, 5) is 0.983. The molecule has 2 aromatic rings. The molecule has 2 aromatic carbocycles. The van der Waals surface area contributed by atoms with Gasteiger partial charge in [0.25, 0.3) is 0 Å². The number of halogens is 2. The van der Waals surface area contributed by atoms with Gasteiger partial charge in [-0.15, -0.1) is 0 Å². The van der Waals surface area contributed by atoms with Gasteiger partial charge in [-0.25, -0.2) is 8.78 Å². The number of nitrogens with one attached hydrogen (secondary N) is 1. The van der Waals surface area contributed by atoms with Gasteiger partial charge in [0.1, 0.15) is 5.82 Å². The second-order valence-electron chi connectivity index (χ2n) is 4.05. The minimum absolute atomic E-state index is 0.0323. The minimum atomic E-state index is -0.546. The predicted octanol–water partition coefficient (Wildman–Crippen LogP) is 4.70. The van der Waals surface area contributed by atoms with Crippen molar-refractivity contribution in [3.8, 4) is 0 Å². The molecule has 0 aliphatic heterocycles. The Balaban J connectivity index is 2.14. The van der Waals surface area contributed by atoms with Crippen LogP contribution in [-0.2, 0) is 0 Å². The molecule has 0 radical (unpaired) electrons. The maximum atomic E-state index is 13.7. The van der Waals surface area contributed by atoms with Crippen LogP contribution >= 0.6 is 11.9 Å². The third kappa shape index (κ3) is 2.82. The molecule has 0 aliphatic rings. The number of hydrogen-bond acceptors (Lipinski definition) is 2. The van der Waals surface area contributed by atoms with Gasteiger partial charge in [-0.1, -0.05) is 12.1 Å². The van der Waals surface area contributed by atoms with Crippen LogP contribution in [0, 0.1) is 25.5 Å². The summed E-state index contributed by atoms with van der Waals surface area (Å²) in [6.45, 7) is 3.42. The largest absolute Gasteiger partial charge is 0.323 e. The quantitative estimate of drug-likeness (QED) is 0.807. The van der Waals surface area contributed by atoms with E-state index in [9.17, 15) is 8.78 Å². The average molecular weight is 265 g/mol. The number of anilines is 1. The molecule has 18 heavy (non-hydrogen) atoms. The van der Waals surface area contributed by atoms with Crippen molar-refractivity contribution in [3.63, 3.8) is 0 Å². The van der Waals surface area contributed by atoms with E-state index in [1.807, 2.05) is 31.2 Å². The minimum Gasteiger partial charge on any atom is -0.323 e. The van der Waals surface area contributed by atoms with Crippen molar-refractivity contribution in [2.45, 2.75) is 18.7 Å². The Morgan fingerprint density at radius 2 is 1.83 bits per heavy atom. The lowest BCUT2D eigenvalue weighted by Crippen LogP contribution is -1.96. The van der Waals surface area contributed by atoms with Gasteiger partial charge in [0, 0.05) is 10.5 Å². The number of benzene rings is 2. The molecular weight excluding hydrogens is 252 g/mol. The highest BCUT2D eigenvalue weighted by atomic mass is 32.2. The molecule has 0 aromatic heterocycles. The predicted molar refractivity (Wildman–Crippen MR) is 71.8 cm³/mol. The highest BCUT2D eigenvalue weighted by Crippen LogP contribution is 2.26. The van der Waals surface area contributed by atoms with Crippen LogP contribution in [0.15, 0.2) is 41.3 Å². The van der Waals surface area contributed by atoms with E-state index in [0.717, 1.165) is 10.5 Å². The molecule has 1 N–H and O–H groups in total. The van der Waals surface area contributed by atoms with Gasteiger partial charge < -0.3 is 4.72 Å². The molecule has 0 bridgehead atoms. The zero-order chi connectivity index (χ0) is 13.1. The summed E-state index contributed by atoms with van der Waals surface area (Å²) in [6.07, 6.45) is 0. The maximum Gasteiger partial charge on any atom is 0.152 e. The van der Waals surface area contributed by atoms with Crippen molar-refractivity contribution in [1.82, 2.24) is 0 Å². The van der Waals surface area contributed by atoms with Crippen LogP contribution in [0.3, 0.4) is 0 Å². The molecule has 0 atom stereocenters. The van der Waals surface area contributed by atoms with E-state index in [4.69, 9.17) is 0 Å². The Bertz CT molecular complexity index is 570. The van der Waals surface area contributed by atoms with Gasteiger partial charge in [0.15, 0.2) is 5.82 Å². The maximum absolute atomic E-state index is 13.7. The zero-order valence-corrected chi connectivity index (χ0v) is 10.9. The van der Waals surface area contributed by atoms with Crippen molar-refractivity contribution in [1.29, 1.82) is 0 Å². The second kappa shape index (κ2) is 5.40. The Hall–Kier alpha value is -1.55. The average Bonchev–Trinajstić information content (AvgIpc) is 2.35. The second-order valence-corrected chi connectivity index (χ2v) is 4.93. The van der Waals surface area contributed by atoms with Crippen LogP contribution in [-0.4, -0.2) is 0 Å². The van der Waals surface area contributed by atoms with Crippen LogP contribution in [0.2, 0.25) is 0 Å². The fraction of sp³-hybridized carbons (Fsp3) is 0.143. The van der Waals surface area contributed by atoms with Crippen molar-refractivity contribution in [2.75, 3.05) is 4.72 Å². The normalized spacial score (nSPS) is 10.4. The zero-order valence-electron chi connectivity index (χ0n) is 10.1. The van der Waals surface area contributed by atoms with Crippen LogP contribution in [0.5, 0.6) is 0 Å². The fourth-order valence-corrected chi connectivity index (χ4v) is 2.31. The Labute approximate surface area is 109 Å². The van der Waals surface area contributed by atoms with Gasteiger partial charge in [-0.3, -0.25) is 0 Å². The van der Waals surface area contributed by atoms with Gasteiger partial charge >= 0.3 is 0 Å². The topological polar surface area (TPSA) is 12.0 Å². The molecule has 0 saturated carbocycles. The Kier molecular flexibility index (Phi) is 3.87. The molecule has 0 saturated heterocycles.